The summed E-state index contributed by atoms with van der Waals surface area (Å²) in [4.78, 5) is 22.6. The number of aromatic amines is 1. The van der Waals surface area contributed by atoms with Crippen LogP contribution in [0.5, 0.6) is 0 Å². The Morgan fingerprint density at radius 1 is 1.17 bits per heavy atom. The summed E-state index contributed by atoms with van der Waals surface area (Å²) in [6.07, 6.45) is 3.98. The lowest BCUT2D eigenvalue weighted by molar-refractivity contribution is -0.127. The number of amides is 1. The third-order valence-corrected chi connectivity index (χ3v) is 5.71. The van der Waals surface area contributed by atoms with Crippen molar-refractivity contribution in [2.45, 2.75) is 26.3 Å². The summed E-state index contributed by atoms with van der Waals surface area (Å²) in [6.45, 7) is 3.72. The number of nitrogens with zero attached hydrogens (tertiary/aromatic N) is 2. The number of carbonyl (C=O) groups is 1. The van der Waals surface area contributed by atoms with Gasteiger partial charge < -0.3 is 20.5 Å². The van der Waals surface area contributed by atoms with E-state index in [1.165, 1.54) is 26.9 Å². The van der Waals surface area contributed by atoms with Crippen LogP contribution in [0.2, 0.25) is 0 Å². The second kappa shape index (κ2) is 11.9. The molecule has 0 unspecified atom stereocenters. The molecule has 162 valence electrons. The Labute approximate surface area is 199 Å². The van der Waals surface area contributed by atoms with Crippen molar-refractivity contribution < 1.29 is 4.79 Å². The Hall–Kier alpha value is -2.07. The number of hydrogen-bond acceptors (Lipinski definition) is 3. The summed E-state index contributed by atoms with van der Waals surface area (Å²) in [5.74, 6) is 0.633. The molecule has 6 nitrogen and oxygen atoms in total. The van der Waals surface area contributed by atoms with E-state index in [0.717, 1.165) is 19.4 Å². The predicted molar refractivity (Wildman–Crippen MR) is 137 cm³/mol. The number of guanidine groups is 1. The van der Waals surface area contributed by atoms with Crippen molar-refractivity contribution in [3.63, 3.8) is 0 Å². The predicted octanol–water partition coefficient (Wildman–Crippen LogP) is 3.78. The number of rotatable bonds is 8. The molecule has 8 heteroatoms. The number of benzene rings is 1. The number of aromatic nitrogens is 1. The van der Waals surface area contributed by atoms with E-state index in [1.807, 2.05) is 6.07 Å². The lowest BCUT2D eigenvalue weighted by atomic mass is 10.1. The molecule has 0 saturated carbocycles. The highest BCUT2D eigenvalue weighted by Crippen LogP contribution is 2.22. The number of carbonyl (C=O) groups excluding carboxylic acids is 1. The van der Waals surface area contributed by atoms with Crippen molar-refractivity contribution >= 4 is 58.1 Å². The fraction of sp³-hybridized carbons (Fsp3) is 0.364. The molecule has 3 N–H and O–H groups in total. The number of H-pyrrole nitrogens is 1. The standard InChI is InChI=1S/C22H29N5OS.HI/c1-4-16-7-5-9-19-17(13-24-21(16)19)10-11-23-22(26-15-20(28)27(2)3)25-14-18-8-6-12-29-18;/h5-9,12-13,24H,4,10-11,14-15H2,1-3H3,(H2,23,25,26);1H. The average molecular weight is 539 g/mol. The fourth-order valence-corrected chi connectivity index (χ4v) is 3.78. The first kappa shape index (κ1) is 24.2. The summed E-state index contributed by atoms with van der Waals surface area (Å²) < 4.78 is 0. The van der Waals surface area contributed by atoms with Crippen LogP contribution in [0, 0.1) is 0 Å². The third-order valence-electron chi connectivity index (χ3n) is 4.84. The first-order valence-electron chi connectivity index (χ1n) is 9.91. The SMILES string of the molecule is CCc1cccc2c(CCNC(=NCC(=O)N(C)C)NCc3cccs3)c[nH]c12.I. The third kappa shape index (κ3) is 6.46. The van der Waals surface area contributed by atoms with Gasteiger partial charge in [-0.1, -0.05) is 31.2 Å². The smallest absolute Gasteiger partial charge is 0.243 e. The quantitative estimate of drug-likeness (QED) is 0.232. The normalized spacial score (nSPS) is 11.2. The number of nitrogens with one attached hydrogen (secondary N) is 3. The van der Waals surface area contributed by atoms with Crippen molar-refractivity contribution in [2.75, 3.05) is 27.2 Å². The highest BCUT2D eigenvalue weighted by molar-refractivity contribution is 14.0. The summed E-state index contributed by atoms with van der Waals surface area (Å²) in [5, 5.41) is 10.0. The van der Waals surface area contributed by atoms with Gasteiger partial charge in [0, 0.05) is 42.6 Å². The van der Waals surface area contributed by atoms with Crippen molar-refractivity contribution in [1.82, 2.24) is 20.5 Å². The molecule has 3 aromatic rings. The van der Waals surface area contributed by atoms with E-state index in [2.05, 4.69) is 63.4 Å². The van der Waals surface area contributed by atoms with E-state index in [0.29, 0.717) is 12.5 Å². The molecular formula is C22H30IN5OS. The summed E-state index contributed by atoms with van der Waals surface area (Å²) in [5.41, 5.74) is 3.85. The molecular weight excluding hydrogens is 509 g/mol. The van der Waals surface area contributed by atoms with Crippen LogP contribution in [0.1, 0.15) is 22.9 Å². The molecule has 0 radical (unpaired) electrons. The number of aliphatic imine (C=N–C) groups is 1. The number of thiophene rings is 1. The molecule has 30 heavy (non-hydrogen) atoms. The van der Waals surface area contributed by atoms with Gasteiger partial charge in [-0.3, -0.25) is 4.79 Å². The van der Waals surface area contributed by atoms with Gasteiger partial charge in [0.15, 0.2) is 5.96 Å². The Morgan fingerprint density at radius 3 is 2.70 bits per heavy atom. The fourth-order valence-electron chi connectivity index (χ4n) is 3.14. The number of likely N-dealkylation sites (N-methyl/N-ethyl adjacent to an activating group) is 1. The van der Waals surface area contributed by atoms with E-state index in [4.69, 9.17) is 0 Å². The Balaban J connectivity index is 0.00000320. The van der Waals surface area contributed by atoms with Gasteiger partial charge in [0.1, 0.15) is 6.54 Å². The lowest BCUT2D eigenvalue weighted by Crippen LogP contribution is -2.39. The van der Waals surface area contributed by atoms with E-state index in [1.54, 1.807) is 30.3 Å². The number of para-hydroxylation sites is 1. The zero-order chi connectivity index (χ0) is 20.6. The molecule has 0 atom stereocenters. The molecule has 0 fully saturated rings. The van der Waals surface area contributed by atoms with Crippen molar-refractivity contribution in [3.05, 3.63) is 57.9 Å². The molecule has 2 heterocycles. The van der Waals surface area contributed by atoms with Crippen LogP contribution in [0.3, 0.4) is 0 Å². The van der Waals surface area contributed by atoms with Crippen LogP contribution in [0.25, 0.3) is 10.9 Å². The van der Waals surface area contributed by atoms with Crippen LogP contribution >= 0.6 is 35.3 Å². The molecule has 3 rings (SSSR count). The molecule has 0 aliphatic carbocycles. The van der Waals surface area contributed by atoms with Crippen molar-refractivity contribution in [1.29, 1.82) is 0 Å². The van der Waals surface area contributed by atoms with Gasteiger partial charge in [-0.2, -0.15) is 0 Å². The maximum Gasteiger partial charge on any atom is 0.243 e. The Kier molecular flexibility index (Phi) is 9.64. The van der Waals surface area contributed by atoms with Gasteiger partial charge in [-0.15, -0.1) is 35.3 Å². The minimum Gasteiger partial charge on any atom is -0.361 e. The second-order valence-electron chi connectivity index (χ2n) is 7.07. The number of fused-ring (bicyclic) bond motifs is 1. The van der Waals surface area contributed by atoms with Gasteiger partial charge in [-0.05, 0) is 35.4 Å². The maximum atomic E-state index is 11.9. The number of hydrogen-bond donors (Lipinski definition) is 3. The molecule has 0 aliphatic rings. The summed E-state index contributed by atoms with van der Waals surface area (Å²) in [7, 11) is 3.48. The number of aryl methyl sites for hydroxylation is 1. The molecule has 1 aromatic carbocycles. The highest BCUT2D eigenvalue weighted by Gasteiger charge is 2.08. The highest BCUT2D eigenvalue weighted by atomic mass is 127. The van der Waals surface area contributed by atoms with E-state index in [-0.39, 0.29) is 36.4 Å². The summed E-state index contributed by atoms with van der Waals surface area (Å²) in [6, 6.07) is 10.6. The van der Waals surface area contributed by atoms with Crippen molar-refractivity contribution in [3.8, 4) is 0 Å². The molecule has 0 spiro atoms. The molecule has 0 bridgehead atoms. The summed E-state index contributed by atoms with van der Waals surface area (Å²) >= 11 is 1.70. The molecule has 0 aliphatic heterocycles. The van der Waals surface area contributed by atoms with Crippen LogP contribution < -0.4 is 10.6 Å². The number of halogens is 1. The largest absolute Gasteiger partial charge is 0.361 e. The minimum atomic E-state index is -0.0223. The Bertz CT molecular complexity index is 965. The zero-order valence-electron chi connectivity index (χ0n) is 17.7. The van der Waals surface area contributed by atoms with E-state index < -0.39 is 0 Å². The lowest BCUT2D eigenvalue weighted by Gasteiger charge is -2.13. The molecule has 1 amide bonds. The van der Waals surface area contributed by atoms with E-state index in [9.17, 15) is 4.79 Å². The van der Waals surface area contributed by atoms with Crippen LogP contribution in [-0.4, -0.2) is 48.9 Å². The zero-order valence-corrected chi connectivity index (χ0v) is 20.8. The van der Waals surface area contributed by atoms with Gasteiger partial charge in [0.2, 0.25) is 5.91 Å². The van der Waals surface area contributed by atoms with Crippen LogP contribution in [-0.2, 0) is 24.2 Å². The minimum absolute atomic E-state index is 0. The topological polar surface area (TPSA) is 72.5 Å². The van der Waals surface area contributed by atoms with Gasteiger partial charge in [-0.25, -0.2) is 4.99 Å². The average Bonchev–Trinajstić information content (AvgIpc) is 3.39. The monoisotopic (exact) mass is 539 g/mol. The second-order valence-corrected chi connectivity index (χ2v) is 8.10. The first-order chi connectivity index (χ1) is 14.1. The van der Waals surface area contributed by atoms with E-state index >= 15 is 0 Å². The Morgan fingerprint density at radius 2 is 2.00 bits per heavy atom. The van der Waals surface area contributed by atoms with Gasteiger partial charge in [0.25, 0.3) is 0 Å². The maximum absolute atomic E-state index is 11.9. The molecule has 2 aromatic heterocycles. The van der Waals surface area contributed by atoms with Crippen molar-refractivity contribution in [2.24, 2.45) is 4.99 Å². The van der Waals surface area contributed by atoms with Gasteiger partial charge >= 0.3 is 0 Å². The first-order valence-corrected chi connectivity index (χ1v) is 10.8. The van der Waals surface area contributed by atoms with Crippen LogP contribution in [0.4, 0.5) is 0 Å². The van der Waals surface area contributed by atoms with Gasteiger partial charge in [0.05, 0.1) is 6.54 Å². The molecule has 0 saturated heterocycles. The van der Waals surface area contributed by atoms with Crippen LogP contribution in [0.15, 0.2) is 46.9 Å².